The van der Waals surface area contributed by atoms with Gasteiger partial charge in [0.1, 0.15) is 11.8 Å². The number of para-hydroxylation sites is 1. The molecule has 0 saturated heterocycles. The summed E-state index contributed by atoms with van der Waals surface area (Å²) in [5.41, 5.74) is 9.08. The molecule has 0 aliphatic heterocycles. The number of fused-ring (bicyclic) bond motifs is 1. The second kappa shape index (κ2) is 5.57. The van der Waals surface area contributed by atoms with E-state index in [0.29, 0.717) is 11.4 Å². The van der Waals surface area contributed by atoms with Crippen LogP contribution < -0.4 is 10.5 Å². The van der Waals surface area contributed by atoms with Gasteiger partial charge in [0.15, 0.2) is 11.5 Å². The monoisotopic (exact) mass is 308 g/mol. The van der Waals surface area contributed by atoms with Gasteiger partial charge in [-0.05, 0) is 12.0 Å². The summed E-state index contributed by atoms with van der Waals surface area (Å²) in [6.07, 6.45) is 0. The molecule has 2 heterocycles. The van der Waals surface area contributed by atoms with Crippen LogP contribution in [-0.4, -0.2) is 26.9 Å². The van der Waals surface area contributed by atoms with E-state index in [2.05, 4.69) is 15.3 Å². The highest BCUT2D eigenvalue weighted by molar-refractivity contribution is 5.84. The number of anilines is 1. The summed E-state index contributed by atoms with van der Waals surface area (Å²) in [6.45, 7) is 4.07. The first-order valence-corrected chi connectivity index (χ1v) is 7.16. The minimum atomic E-state index is 0.0573. The Morgan fingerprint density at radius 3 is 2.65 bits per heavy atom. The first-order valence-electron chi connectivity index (χ1n) is 7.16. The summed E-state index contributed by atoms with van der Waals surface area (Å²) in [6, 6.07) is 9.57. The highest BCUT2D eigenvalue weighted by atomic mass is 16.5. The third-order valence-corrected chi connectivity index (χ3v) is 3.63. The van der Waals surface area contributed by atoms with Gasteiger partial charge >= 0.3 is 0 Å². The Balaban J connectivity index is 2.42. The van der Waals surface area contributed by atoms with Crippen LogP contribution in [0.4, 0.5) is 5.82 Å². The molecule has 1 aromatic carbocycles. The molecule has 2 aromatic heterocycles. The standard InChI is InChI=1S/C16H16N6O/c1-9(2)14-13(10-6-4-5-7-12(10)23-3)16-20-19-11(8-17)15(18)22(16)21-14/h4-7,9H,18H2,1-3H3. The highest BCUT2D eigenvalue weighted by Crippen LogP contribution is 2.37. The molecule has 0 unspecified atom stereocenters. The number of nitrogens with two attached hydrogens (primary N) is 1. The number of methoxy groups -OCH3 is 1. The number of nitrogens with zero attached hydrogens (tertiary/aromatic N) is 5. The first kappa shape index (κ1) is 14.8. The van der Waals surface area contributed by atoms with E-state index < -0.39 is 0 Å². The number of nitrogen functional groups attached to an aromatic ring is 1. The lowest BCUT2D eigenvalue weighted by Crippen LogP contribution is -2.06. The van der Waals surface area contributed by atoms with Crippen molar-refractivity contribution in [1.82, 2.24) is 19.8 Å². The normalized spacial score (nSPS) is 10.9. The summed E-state index contributed by atoms with van der Waals surface area (Å²) in [5.74, 6) is 1.04. The smallest absolute Gasteiger partial charge is 0.205 e. The zero-order valence-electron chi connectivity index (χ0n) is 13.1. The maximum atomic E-state index is 9.07. The van der Waals surface area contributed by atoms with Gasteiger partial charge in [-0.2, -0.15) is 14.9 Å². The fourth-order valence-corrected chi connectivity index (χ4v) is 2.53. The van der Waals surface area contributed by atoms with Crippen LogP contribution in [0, 0.1) is 11.3 Å². The van der Waals surface area contributed by atoms with E-state index in [9.17, 15) is 0 Å². The summed E-state index contributed by atoms with van der Waals surface area (Å²) < 4.78 is 6.93. The number of ether oxygens (including phenoxy) is 1. The van der Waals surface area contributed by atoms with Gasteiger partial charge in [-0.1, -0.05) is 32.0 Å². The Labute approximate surface area is 133 Å². The second-order valence-corrected chi connectivity index (χ2v) is 5.40. The molecule has 0 radical (unpaired) electrons. The van der Waals surface area contributed by atoms with Gasteiger partial charge in [0.25, 0.3) is 0 Å². The van der Waals surface area contributed by atoms with E-state index >= 15 is 0 Å². The lowest BCUT2D eigenvalue weighted by atomic mass is 9.99. The molecule has 0 spiro atoms. The maximum Gasteiger partial charge on any atom is 0.205 e. The maximum absolute atomic E-state index is 9.07. The molecule has 23 heavy (non-hydrogen) atoms. The van der Waals surface area contributed by atoms with Crippen molar-refractivity contribution in [3.05, 3.63) is 35.7 Å². The molecule has 0 bridgehead atoms. The predicted octanol–water partition coefficient (Wildman–Crippen LogP) is 2.38. The van der Waals surface area contributed by atoms with E-state index in [-0.39, 0.29) is 17.4 Å². The van der Waals surface area contributed by atoms with Crippen molar-refractivity contribution in [3.8, 4) is 22.9 Å². The van der Waals surface area contributed by atoms with Crippen LogP contribution in [0.15, 0.2) is 24.3 Å². The molecule has 2 N–H and O–H groups in total. The van der Waals surface area contributed by atoms with E-state index in [1.165, 1.54) is 4.52 Å². The summed E-state index contributed by atoms with van der Waals surface area (Å²) in [7, 11) is 1.62. The van der Waals surface area contributed by atoms with Crippen molar-refractivity contribution >= 4 is 11.5 Å². The fourth-order valence-electron chi connectivity index (χ4n) is 2.53. The van der Waals surface area contributed by atoms with Crippen LogP contribution in [-0.2, 0) is 0 Å². The van der Waals surface area contributed by atoms with Crippen LogP contribution in [0.2, 0.25) is 0 Å². The summed E-state index contributed by atoms with van der Waals surface area (Å²) >= 11 is 0. The SMILES string of the molecule is COc1ccccc1-c1c(C(C)C)nn2c(N)c(C#N)nnc12. The summed E-state index contributed by atoms with van der Waals surface area (Å²) in [4.78, 5) is 0. The highest BCUT2D eigenvalue weighted by Gasteiger charge is 2.23. The number of aromatic nitrogens is 4. The van der Waals surface area contributed by atoms with Gasteiger partial charge < -0.3 is 10.5 Å². The number of hydrogen-bond acceptors (Lipinski definition) is 6. The zero-order chi connectivity index (χ0) is 16.6. The molecule has 0 fully saturated rings. The van der Waals surface area contributed by atoms with Gasteiger partial charge in [-0.3, -0.25) is 0 Å². The third kappa shape index (κ3) is 2.25. The van der Waals surface area contributed by atoms with Gasteiger partial charge in [-0.15, -0.1) is 10.2 Å². The van der Waals surface area contributed by atoms with Crippen molar-refractivity contribution in [2.45, 2.75) is 19.8 Å². The minimum Gasteiger partial charge on any atom is -0.496 e. The van der Waals surface area contributed by atoms with Crippen molar-refractivity contribution < 1.29 is 4.74 Å². The average molecular weight is 308 g/mol. The van der Waals surface area contributed by atoms with Crippen LogP contribution in [0.3, 0.4) is 0 Å². The van der Waals surface area contributed by atoms with Crippen LogP contribution in [0.25, 0.3) is 16.8 Å². The number of rotatable bonds is 3. The largest absolute Gasteiger partial charge is 0.496 e. The van der Waals surface area contributed by atoms with Crippen molar-refractivity contribution in [2.24, 2.45) is 0 Å². The molecule has 7 heteroatoms. The molecular weight excluding hydrogens is 292 g/mol. The Hall–Kier alpha value is -3.14. The van der Waals surface area contributed by atoms with Gasteiger partial charge in [0.2, 0.25) is 5.69 Å². The molecule has 3 rings (SSSR count). The predicted molar refractivity (Wildman–Crippen MR) is 86.0 cm³/mol. The van der Waals surface area contributed by atoms with E-state index in [4.69, 9.17) is 15.7 Å². The number of hydrogen-bond donors (Lipinski definition) is 1. The number of benzene rings is 1. The van der Waals surface area contributed by atoms with Gasteiger partial charge in [-0.25, -0.2) is 0 Å². The lowest BCUT2D eigenvalue weighted by Gasteiger charge is -2.09. The quantitative estimate of drug-likeness (QED) is 0.797. The molecule has 7 nitrogen and oxygen atoms in total. The lowest BCUT2D eigenvalue weighted by molar-refractivity contribution is 0.416. The van der Waals surface area contributed by atoms with Crippen LogP contribution in [0.1, 0.15) is 31.2 Å². The molecule has 0 aliphatic carbocycles. The molecule has 3 aromatic rings. The molecule has 116 valence electrons. The Morgan fingerprint density at radius 2 is 2.00 bits per heavy atom. The number of nitriles is 1. The van der Waals surface area contributed by atoms with E-state index in [1.54, 1.807) is 7.11 Å². The molecule has 0 amide bonds. The molecule has 0 aliphatic rings. The Kier molecular flexibility index (Phi) is 3.58. The molecule has 0 saturated carbocycles. The fraction of sp³-hybridized carbons (Fsp3) is 0.250. The topological polar surface area (TPSA) is 102 Å². The Bertz CT molecular complexity index is 922. The molecule has 0 atom stereocenters. The van der Waals surface area contributed by atoms with Gasteiger partial charge in [0.05, 0.1) is 18.4 Å². The van der Waals surface area contributed by atoms with Crippen molar-refractivity contribution in [2.75, 3.05) is 12.8 Å². The average Bonchev–Trinajstić information content (AvgIpc) is 2.95. The van der Waals surface area contributed by atoms with Crippen molar-refractivity contribution in [1.29, 1.82) is 5.26 Å². The van der Waals surface area contributed by atoms with Gasteiger partial charge in [0, 0.05) is 5.56 Å². The van der Waals surface area contributed by atoms with Crippen LogP contribution in [0.5, 0.6) is 5.75 Å². The summed E-state index contributed by atoms with van der Waals surface area (Å²) in [5, 5.41) is 21.7. The van der Waals surface area contributed by atoms with Crippen molar-refractivity contribution in [3.63, 3.8) is 0 Å². The first-order chi connectivity index (χ1) is 11.1. The second-order valence-electron chi connectivity index (χ2n) is 5.40. The zero-order valence-corrected chi connectivity index (χ0v) is 13.1. The van der Waals surface area contributed by atoms with E-state index in [0.717, 1.165) is 16.8 Å². The molecular formula is C16H16N6O. The van der Waals surface area contributed by atoms with Crippen LogP contribution >= 0.6 is 0 Å². The minimum absolute atomic E-state index is 0.0573. The Morgan fingerprint density at radius 1 is 1.26 bits per heavy atom. The van der Waals surface area contributed by atoms with E-state index in [1.807, 2.05) is 44.2 Å². The third-order valence-electron chi connectivity index (χ3n) is 3.63.